The van der Waals surface area contributed by atoms with Crippen molar-refractivity contribution in [3.63, 3.8) is 0 Å². The van der Waals surface area contributed by atoms with E-state index in [1.807, 2.05) is 0 Å². The van der Waals surface area contributed by atoms with Gasteiger partial charge in [-0.25, -0.2) is 4.79 Å². The Morgan fingerprint density at radius 1 is 0.733 bits per heavy atom. The molecule has 3 fully saturated rings. The quantitative estimate of drug-likeness (QED) is 0.368. The lowest BCUT2D eigenvalue weighted by atomic mass is 9.73. The van der Waals surface area contributed by atoms with E-state index in [2.05, 4.69) is 24.8 Å². The maximum Gasteiger partial charge on any atom is 0.338 e. The van der Waals surface area contributed by atoms with E-state index in [-0.39, 0.29) is 5.97 Å². The molecule has 0 atom stereocenters. The Hall–Kier alpha value is -0.960. The van der Waals surface area contributed by atoms with Crippen LogP contribution in [0.1, 0.15) is 141 Å². The highest BCUT2D eigenvalue weighted by Crippen LogP contribution is 2.44. The largest absolute Gasteiger partial charge is 0.461 e. The number of benzene rings is 1. The van der Waals surface area contributed by atoms with Crippen molar-refractivity contribution < 1.29 is 9.53 Å². The predicted molar refractivity (Wildman–Crippen MR) is 128 cm³/mol. The Labute approximate surface area is 189 Å². The summed E-state index contributed by atoms with van der Waals surface area (Å²) in [5, 5.41) is 0. The molecule has 30 heavy (non-hydrogen) atoms. The van der Waals surface area contributed by atoms with E-state index < -0.39 is 0 Å². The molecule has 1 aromatic rings. The van der Waals surface area contributed by atoms with Gasteiger partial charge in [-0.1, -0.05) is 69.9 Å². The molecule has 3 heteroatoms. The molecule has 0 bridgehead atoms. The summed E-state index contributed by atoms with van der Waals surface area (Å²) in [6.07, 6.45) is 19.5. The molecule has 0 spiro atoms. The molecule has 0 radical (unpaired) electrons. The summed E-state index contributed by atoms with van der Waals surface area (Å²) in [5.74, 6) is 2.25. The molecule has 4 rings (SSSR count). The van der Waals surface area contributed by atoms with Gasteiger partial charge in [-0.15, -0.1) is 0 Å². The molecule has 1 aromatic carbocycles. The summed E-state index contributed by atoms with van der Waals surface area (Å²) in [6, 6.07) is 4.91. The molecule has 3 aliphatic carbocycles. The van der Waals surface area contributed by atoms with Gasteiger partial charge in [0.2, 0.25) is 0 Å². The van der Waals surface area contributed by atoms with Crippen LogP contribution in [0, 0.1) is 0 Å². The second-order valence-corrected chi connectivity index (χ2v) is 10.4. The van der Waals surface area contributed by atoms with E-state index in [9.17, 15) is 4.79 Å². The molecule has 0 aromatic heterocycles. The SMILES string of the molecule is O=C(OCCS)c1c(C2CCCCC2)cc(C2CCCCC2)cc1C1CCCCC1. The zero-order valence-corrected chi connectivity index (χ0v) is 19.6. The van der Waals surface area contributed by atoms with Gasteiger partial charge in [0.15, 0.2) is 0 Å². The van der Waals surface area contributed by atoms with E-state index in [0.717, 1.165) is 5.56 Å². The van der Waals surface area contributed by atoms with Crippen LogP contribution in [-0.2, 0) is 4.74 Å². The third-order valence-electron chi connectivity index (χ3n) is 7.92. The number of esters is 1. The molecule has 0 unspecified atom stereocenters. The molecule has 0 N–H and O–H groups in total. The summed E-state index contributed by atoms with van der Waals surface area (Å²) in [6.45, 7) is 0.403. The molecule has 166 valence electrons. The molecular formula is C27H40O2S. The first-order chi connectivity index (χ1) is 14.8. The van der Waals surface area contributed by atoms with Crippen LogP contribution in [-0.4, -0.2) is 18.3 Å². The van der Waals surface area contributed by atoms with E-state index >= 15 is 0 Å². The van der Waals surface area contributed by atoms with Gasteiger partial charge in [0.1, 0.15) is 6.61 Å². The Morgan fingerprint density at radius 2 is 1.17 bits per heavy atom. The number of rotatable bonds is 6. The van der Waals surface area contributed by atoms with Crippen molar-refractivity contribution in [2.24, 2.45) is 0 Å². The molecule has 3 saturated carbocycles. The smallest absolute Gasteiger partial charge is 0.338 e. The number of ether oxygens (including phenoxy) is 1. The Kier molecular flexibility index (Phi) is 8.21. The maximum absolute atomic E-state index is 13.4. The first-order valence-corrected chi connectivity index (χ1v) is 13.4. The lowest BCUT2D eigenvalue weighted by Gasteiger charge is -2.32. The van der Waals surface area contributed by atoms with Gasteiger partial charge in [-0.05, 0) is 73.0 Å². The molecule has 2 nitrogen and oxygen atoms in total. The number of hydrogen-bond acceptors (Lipinski definition) is 3. The van der Waals surface area contributed by atoms with E-state index in [0.29, 0.717) is 30.1 Å². The fourth-order valence-electron chi connectivity index (χ4n) is 6.30. The summed E-state index contributed by atoms with van der Waals surface area (Å²) in [7, 11) is 0. The first-order valence-electron chi connectivity index (χ1n) is 12.7. The highest BCUT2D eigenvalue weighted by molar-refractivity contribution is 7.80. The Morgan fingerprint density at radius 3 is 1.60 bits per heavy atom. The van der Waals surface area contributed by atoms with Gasteiger partial charge in [-0.2, -0.15) is 12.6 Å². The molecule has 3 aliphatic rings. The Bertz CT molecular complexity index is 656. The van der Waals surface area contributed by atoms with Crippen LogP contribution in [0.2, 0.25) is 0 Å². The number of carbonyl (C=O) groups is 1. The number of carbonyl (C=O) groups excluding carboxylic acids is 1. The second-order valence-electron chi connectivity index (χ2n) is 9.94. The monoisotopic (exact) mass is 428 g/mol. The van der Waals surface area contributed by atoms with Gasteiger partial charge in [0.25, 0.3) is 0 Å². The highest BCUT2D eigenvalue weighted by Gasteiger charge is 2.31. The lowest BCUT2D eigenvalue weighted by molar-refractivity contribution is 0.0526. The van der Waals surface area contributed by atoms with Gasteiger partial charge < -0.3 is 4.74 Å². The van der Waals surface area contributed by atoms with Crippen LogP contribution in [0.5, 0.6) is 0 Å². The van der Waals surface area contributed by atoms with Crippen molar-refractivity contribution in [3.8, 4) is 0 Å². The number of hydrogen-bond donors (Lipinski definition) is 1. The van der Waals surface area contributed by atoms with Gasteiger partial charge in [0, 0.05) is 5.75 Å². The van der Waals surface area contributed by atoms with E-state index in [1.165, 1.54) is 113 Å². The second kappa shape index (κ2) is 11.1. The highest BCUT2D eigenvalue weighted by atomic mass is 32.1. The molecule has 0 heterocycles. The first kappa shape index (κ1) is 22.2. The molecule has 0 amide bonds. The minimum Gasteiger partial charge on any atom is -0.461 e. The topological polar surface area (TPSA) is 26.3 Å². The predicted octanol–water partition coefficient (Wildman–Crippen LogP) is 7.92. The van der Waals surface area contributed by atoms with Crippen LogP contribution in [0.15, 0.2) is 12.1 Å². The van der Waals surface area contributed by atoms with Crippen molar-refractivity contribution in [2.75, 3.05) is 12.4 Å². The zero-order valence-electron chi connectivity index (χ0n) is 18.7. The summed E-state index contributed by atoms with van der Waals surface area (Å²) in [4.78, 5) is 13.4. The minimum atomic E-state index is -0.0830. The van der Waals surface area contributed by atoms with Gasteiger partial charge in [-0.3, -0.25) is 0 Å². The third-order valence-corrected chi connectivity index (χ3v) is 8.10. The molecular weight excluding hydrogens is 388 g/mol. The van der Waals surface area contributed by atoms with Crippen LogP contribution < -0.4 is 0 Å². The zero-order chi connectivity index (χ0) is 20.8. The van der Waals surface area contributed by atoms with Crippen molar-refractivity contribution in [1.82, 2.24) is 0 Å². The molecule has 0 saturated heterocycles. The Balaban J connectivity index is 1.78. The lowest BCUT2D eigenvalue weighted by Crippen LogP contribution is -2.20. The van der Waals surface area contributed by atoms with Crippen molar-refractivity contribution >= 4 is 18.6 Å². The normalized spacial score (nSPS) is 22.2. The van der Waals surface area contributed by atoms with Crippen molar-refractivity contribution in [3.05, 3.63) is 34.4 Å². The van der Waals surface area contributed by atoms with Crippen LogP contribution in [0.4, 0.5) is 0 Å². The summed E-state index contributed by atoms with van der Waals surface area (Å²) >= 11 is 4.27. The average molecular weight is 429 g/mol. The van der Waals surface area contributed by atoms with Crippen molar-refractivity contribution in [1.29, 1.82) is 0 Å². The van der Waals surface area contributed by atoms with Crippen LogP contribution in [0.25, 0.3) is 0 Å². The van der Waals surface area contributed by atoms with Crippen molar-refractivity contribution in [2.45, 2.75) is 114 Å². The maximum atomic E-state index is 13.4. The fourth-order valence-corrected chi connectivity index (χ4v) is 6.39. The van der Waals surface area contributed by atoms with E-state index in [4.69, 9.17) is 4.74 Å². The fraction of sp³-hybridized carbons (Fsp3) is 0.741. The summed E-state index contributed by atoms with van der Waals surface area (Å²) < 4.78 is 5.71. The third kappa shape index (κ3) is 5.26. The molecule has 0 aliphatic heterocycles. The van der Waals surface area contributed by atoms with Crippen LogP contribution >= 0.6 is 12.6 Å². The standard InChI is InChI=1S/C27H40O2S/c28-27(29-16-17-30)26-24(21-12-6-2-7-13-21)18-23(20-10-4-1-5-11-20)19-25(26)22-14-8-3-9-15-22/h18-22,30H,1-17H2. The summed E-state index contributed by atoms with van der Waals surface area (Å²) in [5.41, 5.74) is 5.15. The van der Waals surface area contributed by atoms with Gasteiger partial charge in [0.05, 0.1) is 5.56 Å². The average Bonchev–Trinajstić information content (AvgIpc) is 2.83. The van der Waals surface area contributed by atoms with Crippen LogP contribution in [0.3, 0.4) is 0 Å². The number of thiol groups is 1. The van der Waals surface area contributed by atoms with E-state index in [1.54, 1.807) is 0 Å². The minimum absolute atomic E-state index is 0.0830. The van der Waals surface area contributed by atoms with Gasteiger partial charge >= 0.3 is 5.97 Å².